The molecule has 1 amide bonds. The van der Waals surface area contributed by atoms with Gasteiger partial charge < -0.3 is 23.8 Å². The van der Waals surface area contributed by atoms with Crippen LogP contribution in [0.1, 0.15) is 23.3 Å². The minimum Gasteiger partial charge on any atom is -0.497 e. The Bertz CT molecular complexity index is 1300. The lowest BCUT2D eigenvalue weighted by molar-refractivity contribution is 0.0719. The minimum absolute atomic E-state index is 0.235. The summed E-state index contributed by atoms with van der Waals surface area (Å²) in [4.78, 5) is 15.0. The van der Waals surface area contributed by atoms with E-state index in [1.807, 2.05) is 0 Å². The van der Waals surface area contributed by atoms with E-state index in [2.05, 4.69) is 10.2 Å². The summed E-state index contributed by atoms with van der Waals surface area (Å²) in [6, 6.07) is 11.5. The van der Waals surface area contributed by atoms with Gasteiger partial charge in [0.15, 0.2) is 21.3 Å². The Morgan fingerprint density at radius 3 is 2.06 bits per heavy atom. The molecule has 36 heavy (non-hydrogen) atoms. The predicted molar refractivity (Wildman–Crippen MR) is 133 cm³/mol. The van der Waals surface area contributed by atoms with Crippen LogP contribution < -0.4 is 18.9 Å². The molecule has 2 aromatic carbocycles. The van der Waals surface area contributed by atoms with Crippen LogP contribution in [-0.4, -0.2) is 76.2 Å². The van der Waals surface area contributed by atoms with Gasteiger partial charge in [-0.2, -0.15) is 5.10 Å². The van der Waals surface area contributed by atoms with Crippen LogP contribution in [0.5, 0.6) is 23.0 Å². The first kappa shape index (κ1) is 25.4. The number of nitrogens with one attached hydrogen (secondary N) is 1. The van der Waals surface area contributed by atoms with Gasteiger partial charge in [0.25, 0.3) is 5.91 Å². The Morgan fingerprint density at radius 1 is 0.917 bits per heavy atom. The molecule has 1 aliphatic rings. The normalized spacial score (nSPS) is 14.4. The van der Waals surface area contributed by atoms with E-state index < -0.39 is 15.1 Å². The molecule has 3 aromatic rings. The zero-order chi connectivity index (χ0) is 25.9. The Balaban J connectivity index is 1.46. The van der Waals surface area contributed by atoms with Crippen molar-refractivity contribution in [2.45, 2.75) is 23.0 Å². The molecule has 11 heteroatoms. The smallest absolute Gasteiger partial charge is 0.271 e. The van der Waals surface area contributed by atoms with Crippen LogP contribution in [-0.2, 0) is 9.84 Å². The predicted octanol–water partition coefficient (Wildman–Crippen LogP) is 3.19. The quantitative estimate of drug-likeness (QED) is 0.486. The molecule has 1 aromatic heterocycles. The topological polar surface area (TPSA) is 120 Å². The maximum atomic E-state index is 13.1. The third kappa shape index (κ3) is 4.83. The fraction of sp³-hybridized carbons (Fsp3) is 0.360. The molecule has 1 aliphatic heterocycles. The van der Waals surface area contributed by atoms with Gasteiger partial charge in [0.1, 0.15) is 11.4 Å². The summed E-state index contributed by atoms with van der Waals surface area (Å²) in [5.41, 5.74) is 1.54. The number of methoxy groups -OCH3 is 4. The molecule has 1 fully saturated rings. The van der Waals surface area contributed by atoms with E-state index >= 15 is 0 Å². The molecule has 0 spiro atoms. The summed E-state index contributed by atoms with van der Waals surface area (Å²) in [5.74, 6) is 1.77. The second-order valence-electron chi connectivity index (χ2n) is 8.29. The molecule has 10 nitrogen and oxygen atoms in total. The SMILES string of the molecule is COc1ccc(S(=O)(=O)C2CCN(C(=O)c3cc(-c4cc(OC)c(OC)c(OC)c4)n[nH]3)CC2)cc1. The van der Waals surface area contributed by atoms with Gasteiger partial charge >= 0.3 is 0 Å². The van der Waals surface area contributed by atoms with Gasteiger partial charge in [-0.1, -0.05) is 0 Å². The Kier molecular flexibility index (Phi) is 7.39. The minimum atomic E-state index is -3.50. The number of amides is 1. The van der Waals surface area contributed by atoms with E-state index in [0.717, 1.165) is 0 Å². The highest BCUT2D eigenvalue weighted by Crippen LogP contribution is 2.41. The van der Waals surface area contributed by atoms with Crippen molar-refractivity contribution in [1.82, 2.24) is 15.1 Å². The van der Waals surface area contributed by atoms with E-state index in [0.29, 0.717) is 65.9 Å². The maximum absolute atomic E-state index is 13.1. The lowest BCUT2D eigenvalue weighted by atomic mass is 10.1. The highest BCUT2D eigenvalue weighted by atomic mass is 32.2. The molecule has 4 rings (SSSR count). The van der Waals surface area contributed by atoms with Crippen molar-refractivity contribution in [1.29, 1.82) is 0 Å². The first-order valence-corrected chi connectivity index (χ1v) is 12.9. The van der Waals surface area contributed by atoms with Gasteiger partial charge in [-0.25, -0.2) is 8.42 Å². The summed E-state index contributed by atoms with van der Waals surface area (Å²) >= 11 is 0. The van der Waals surface area contributed by atoms with Crippen molar-refractivity contribution in [3.63, 3.8) is 0 Å². The molecule has 0 aliphatic carbocycles. The molecular formula is C25H29N3O7S. The number of likely N-dealkylation sites (tertiary alicyclic amines) is 1. The van der Waals surface area contributed by atoms with Crippen LogP contribution in [0.25, 0.3) is 11.3 Å². The zero-order valence-corrected chi connectivity index (χ0v) is 21.4. The number of H-pyrrole nitrogens is 1. The molecule has 0 saturated carbocycles. The van der Waals surface area contributed by atoms with Crippen molar-refractivity contribution in [2.75, 3.05) is 41.5 Å². The second kappa shape index (κ2) is 10.5. The standard InChI is InChI=1S/C25H29N3O7S/c1-32-17-5-7-18(8-6-17)36(30,31)19-9-11-28(12-10-19)25(29)21-15-20(26-27-21)16-13-22(33-2)24(35-4)23(14-16)34-3/h5-8,13-15,19H,9-12H2,1-4H3,(H,26,27). The molecule has 0 unspecified atom stereocenters. The van der Waals surface area contributed by atoms with Crippen LogP contribution in [0.15, 0.2) is 47.4 Å². The summed E-state index contributed by atoms with van der Waals surface area (Å²) in [7, 11) is 2.61. The fourth-order valence-electron chi connectivity index (χ4n) is 4.31. The monoisotopic (exact) mass is 515 g/mol. The van der Waals surface area contributed by atoms with Gasteiger partial charge in [0.05, 0.1) is 44.3 Å². The third-order valence-corrected chi connectivity index (χ3v) is 8.60. The first-order valence-electron chi connectivity index (χ1n) is 11.3. The molecule has 192 valence electrons. The molecule has 2 heterocycles. The Morgan fingerprint density at radius 2 is 1.53 bits per heavy atom. The van der Waals surface area contributed by atoms with E-state index in [1.54, 1.807) is 47.4 Å². The number of sulfone groups is 1. The molecular weight excluding hydrogens is 486 g/mol. The van der Waals surface area contributed by atoms with Crippen molar-refractivity contribution in [3.8, 4) is 34.3 Å². The lowest BCUT2D eigenvalue weighted by Crippen LogP contribution is -2.42. The molecule has 0 radical (unpaired) electrons. The van der Waals surface area contributed by atoms with Crippen molar-refractivity contribution < 1.29 is 32.2 Å². The van der Waals surface area contributed by atoms with Gasteiger partial charge in [0, 0.05) is 18.7 Å². The fourth-order valence-corrected chi connectivity index (χ4v) is 6.04. The number of carbonyl (C=O) groups excluding carboxylic acids is 1. The molecule has 1 N–H and O–H groups in total. The van der Waals surface area contributed by atoms with Gasteiger partial charge in [-0.15, -0.1) is 0 Å². The van der Waals surface area contributed by atoms with Crippen LogP contribution >= 0.6 is 0 Å². The zero-order valence-electron chi connectivity index (χ0n) is 20.6. The van der Waals surface area contributed by atoms with E-state index in [-0.39, 0.29) is 10.8 Å². The number of carbonyl (C=O) groups is 1. The number of ether oxygens (including phenoxy) is 4. The van der Waals surface area contributed by atoms with Crippen LogP contribution in [0, 0.1) is 0 Å². The number of nitrogens with zero attached hydrogens (tertiary/aromatic N) is 2. The van der Waals surface area contributed by atoms with Crippen molar-refractivity contribution in [3.05, 3.63) is 48.2 Å². The van der Waals surface area contributed by atoms with Crippen molar-refractivity contribution in [2.24, 2.45) is 0 Å². The summed E-state index contributed by atoms with van der Waals surface area (Å²) in [6.45, 7) is 0.662. The lowest BCUT2D eigenvalue weighted by Gasteiger charge is -2.31. The van der Waals surface area contributed by atoms with E-state index in [4.69, 9.17) is 18.9 Å². The number of benzene rings is 2. The summed E-state index contributed by atoms with van der Waals surface area (Å²) in [6.07, 6.45) is 0.710. The highest BCUT2D eigenvalue weighted by molar-refractivity contribution is 7.92. The van der Waals surface area contributed by atoms with Crippen LogP contribution in [0.3, 0.4) is 0 Å². The highest BCUT2D eigenvalue weighted by Gasteiger charge is 2.33. The van der Waals surface area contributed by atoms with Gasteiger partial charge in [-0.3, -0.25) is 9.89 Å². The van der Waals surface area contributed by atoms with E-state index in [9.17, 15) is 13.2 Å². The molecule has 0 bridgehead atoms. The average molecular weight is 516 g/mol. The number of piperidine rings is 1. The summed E-state index contributed by atoms with van der Waals surface area (Å²) < 4.78 is 47.4. The number of aromatic amines is 1. The van der Waals surface area contributed by atoms with Crippen LogP contribution in [0.4, 0.5) is 0 Å². The second-order valence-corrected chi connectivity index (χ2v) is 10.5. The van der Waals surface area contributed by atoms with Gasteiger partial charge in [0.2, 0.25) is 5.75 Å². The van der Waals surface area contributed by atoms with Gasteiger partial charge in [-0.05, 0) is 55.3 Å². The average Bonchev–Trinajstić information content (AvgIpc) is 3.42. The third-order valence-electron chi connectivity index (χ3n) is 6.32. The summed E-state index contributed by atoms with van der Waals surface area (Å²) in [5, 5.41) is 6.54. The largest absolute Gasteiger partial charge is 0.497 e. The number of aromatic nitrogens is 2. The number of hydrogen-bond donors (Lipinski definition) is 1. The number of hydrogen-bond acceptors (Lipinski definition) is 8. The Labute approximate surface area is 210 Å². The maximum Gasteiger partial charge on any atom is 0.271 e. The Hall–Kier alpha value is -3.73. The van der Waals surface area contributed by atoms with Crippen molar-refractivity contribution >= 4 is 15.7 Å². The first-order chi connectivity index (χ1) is 17.3. The van der Waals surface area contributed by atoms with Crippen LogP contribution in [0.2, 0.25) is 0 Å². The molecule has 1 saturated heterocycles. The molecule has 0 atom stereocenters. The van der Waals surface area contributed by atoms with E-state index in [1.165, 1.54) is 28.4 Å². The number of rotatable bonds is 8.